The smallest absolute Gasteiger partial charge is 0.244 e. The molecule has 0 saturated carbocycles. The summed E-state index contributed by atoms with van der Waals surface area (Å²) in [5, 5.41) is 14.2. The van der Waals surface area contributed by atoms with E-state index in [1.165, 1.54) is 21.7 Å². The Morgan fingerprint density at radius 1 is 1.17 bits per heavy atom. The average Bonchev–Trinajstić information content (AvgIpc) is 3.48. The lowest BCUT2D eigenvalue weighted by Crippen LogP contribution is -2.39. The van der Waals surface area contributed by atoms with Gasteiger partial charge in [-0.15, -0.1) is 16.4 Å². The maximum absolute atomic E-state index is 12.4. The fraction of sp³-hybridized carbons (Fsp3) is 0.476. The van der Waals surface area contributed by atoms with Crippen molar-refractivity contribution >= 4 is 22.9 Å². The van der Waals surface area contributed by atoms with E-state index in [9.17, 15) is 4.79 Å². The van der Waals surface area contributed by atoms with Crippen molar-refractivity contribution in [2.24, 2.45) is 0 Å². The Kier molecular flexibility index (Phi) is 6.37. The third kappa shape index (κ3) is 4.51. The molecule has 0 aliphatic carbocycles. The van der Waals surface area contributed by atoms with E-state index in [0.29, 0.717) is 5.92 Å². The third-order valence-electron chi connectivity index (χ3n) is 5.70. The maximum atomic E-state index is 12.4. The number of likely N-dealkylation sites (tertiary alicyclic amines) is 1. The summed E-state index contributed by atoms with van der Waals surface area (Å²) in [6, 6.07) is 8.67. The van der Waals surface area contributed by atoms with Crippen LogP contribution in [0.15, 0.2) is 36.0 Å². The molecule has 0 radical (unpaired) electrons. The Hall–Kier alpha value is -2.81. The molecule has 0 unspecified atom stereocenters. The van der Waals surface area contributed by atoms with Gasteiger partial charge in [0.05, 0.1) is 10.7 Å². The number of hydrogen-bond donors (Lipinski definition) is 0. The van der Waals surface area contributed by atoms with E-state index in [2.05, 4.69) is 63.9 Å². The molecular weight excluding hydrogens is 398 g/mol. The van der Waals surface area contributed by atoms with E-state index >= 15 is 0 Å². The summed E-state index contributed by atoms with van der Waals surface area (Å²) >= 11 is 1.73. The summed E-state index contributed by atoms with van der Waals surface area (Å²) in [5.74, 6) is 0.477. The van der Waals surface area contributed by atoms with Crippen LogP contribution in [0.25, 0.3) is 11.3 Å². The van der Waals surface area contributed by atoms with Crippen LogP contribution in [0.4, 0.5) is 5.69 Å². The number of amides is 1. The number of tetrazole rings is 1. The molecule has 3 heterocycles. The highest BCUT2D eigenvalue weighted by atomic mass is 32.1. The second-order valence-electron chi connectivity index (χ2n) is 7.45. The molecule has 0 atom stereocenters. The van der Waals surface area contributed by atoms with Crippen LogP contribution in [0.3, 0.4) is 0 Å². The zero-order valence-electron chi connectivity index (χ0n) is 17.4. The van der Waals surface area contributed by atoms with Gasteiger partial charge in [-0.2, -0.15) is 0 Å². The molecule has 3 aromatic rings. The molecule has 2 aromatic heterocycles. The van der Waals surface area contributed by atoms with Crippen molar-refractivity contribution in [1.82, 2.24) is 30.1 Å². The van der Waals surface area contributed by atoms with Crippen molar-refractivity contribution in [3.8, 4) is 11.3 Å². The molecule has 4 rings (SSSR count). The van der Waals surface area contributed by atoms with E-state index in [-0.39, 0.29) is 12.5 Å². The Bertz CT molecular complexity index is 942. The first-order valence-corrected chi connectivity index (χ1v) is 11.3. The highest BCUT2D eigenvalue weighted by Crippen LogP contribution is 2.33. The summed E-state index contributed by atoms with van der Waals surface area (Å²) in [4.78, 5) is 21.6. The van der Waals surface area contributed by atoms with E-state index < -0.39 is 0 Å². The molecule has 9 heteroatoms. The van der Waals surface area contributed by atoms with Crippen LogP contribution in [0.5, 0.6) is 0 Å². The molecule has 0 bridgehead atoms. The van der Waals surface area contributed by atoms with Crippen LogP contribution in [0.2, 0.25) is 0 Å². The average molecular weight is 426 g/mol. The maximum Gasteiger partial charge on any atom is 0.244 e. The molecule has 0 N–H and O–H groups in total. The van der Waals surface area contributed by atoms with Gasteiger partial charge in [-0.3, -0.25) is 4.79 Å². The fourth-order valence-corrected chi connectivity index (χ4v) is 4.91. The van der Waals surface area contributed by atoms with Crippen molar-refractivity contribution in [2.45, 2.75) is 39.2 Å². The van der Waals surface area contributed by atoms with Gasteiger partial charge in [-0.1, -0.05) is 12.1 Å². The molecular formula is C21H27N7OS. The number of rotatable bonds is 7. The van der Waals surface area contributed by atoms with Crippen molar-refractivity contribution in [1.29, 1.82) is 0 Å². The van der Waals surface area contributed by atoms with E-state index in [4.69, 9.17) is 4.98 Å². The quantitative estimate of drug-likeness (QED) is 0.579. The fourth-order valence-electron chi connectivity index (χ4n) is 3.91. The highest BCUT2D eigenvalue weighted by Gasteiger charge is 2.26. The predicted molar refractivity (Wildman–Crippen MR) is 117 cm³/mol. The number of anilines is 1. The van der Waals surface area contributed by atoms with Gasteiger partial charge in [-0.25, -0.2) is 9.67 Å². The van der Waals surface area contributed by atoms with Crippen LogP contribution >= 0.6 is 11.3 Å². The number of piperidine rings is 1. The van der Waals surface area contributed by atoms with Crippen molar-refractivity contribution in [3.63, 3.8) is 0 Å². The first kappa shape index (κ1) is 20.5. The number of aromatic nitrogens is 5. The molecule has 1 aromatic carbocycles. The first-order valence-electron chi connectivity index (χ1n) is 10.5. The lowest BCUT2D eigenvalue weighted by Gasteiger charge is -2.31. The van der Waals surface area contributed by atoms with Gasteiger partial charge in [0.1, 0.15) is 12.9 Å². The summed E-state index contributed by atoms with van der Waals surface area (Å²) in [7, 11) is 0. The monoisotopic (exact) mass is 425 g/mol. The Morgan fingerprint density at radius 2 is 1.90 bits per heavy atom. The number of carbonyl (C=O) groups is 1. The Morgan fingerprint density at radius 3 is 2.53 bits per heavy atom. The molecule has 1 aliphatic rings. The topological polar surface area (TPSA) is 80.0 Å². The highest BCUT2D eigenvalue weighted by molar-refractivity contribution is 7.10. The predicted octanol–water partition coefficient (Wildman–Crippen LogP) is 3.05. The second kappa shape index (κ2) is 9.34. The Labute approximate surface area is 180 Å². The normalized spacial score (nSPS) is 14.8. The third-order valence-corrected chi connectivity index (χ3v) is 6.71. The lowest BCUT2D eigenvalue weighted by atomic mass is 9.97. The van der Waals surface area contributed by atoms with Gasteiger partial charge in [0.2, 0.25) is 5.91 Å². The number of thiazole rings is 1. The van der Waals surface area contributed by atoms with Crippen LogP contribution in [0, 0.1) is 0 Å². The van der Waals surface area contributed by atoms with Crippen LogP contribution < -0.4 is 4.90 Å². The minimum absolute atomic E-state index is 0.0638. The number of carbonyl (C=O) groups excluding carboxylic acids is 1. The van der Waals surface area contributed by atoms with Crippen molar-refractivity contribution in [3.05, 3.63) is 41.0 Å². The molecule has 0 spiro atoms. The summed E-state index contributed by atoms with van der Waals surface area (Å²) in [6.07, 6.45) is 3.35. The van der Waals surface area contributed by atoms with Gasteiger partial charge in [0.25, 0.3) is 0 Å². The molecule has 30 heavy (non-hydrogen) atoms. The van der Waals surface area contributed by atoms with Crippen LogP contribution in [-0.2, 0) is 11.3 Å². The standard InChI is InChI=1S/C21H27N7OS/c1-3-26(4-2)18-7-5-16(6-8-18)19-14-30-21(23-19)17-9-11-27(12-10-17)20(29)13-28-15-22-24-25-28/h5-8,14-15,17H,3-4,9-13H2,1-2H3. The first-order chi connectivity index (χ1) is 14.7. The van der Waals surface area contributed by atoms with Gasteiger partial charge in [-0.05, 0) is 49.2 Å². The van der Waals surface area contributed by atoms with Gasteiger partial charge < -0.3 is 9.80 Å². The van der Waals surface area contributed by atoms with Gasteiger partial charge >= 0.3 is 0 Å². The molecule has 158 valence electrons. The summed E-state index contributed by atoms with van der Waals surface area (Å²) < 4.78 is 1.47. The summed E-state index contributed by atoms with van der Waals surface area (Å²) in [6.45, 7) is 8.06. The SMILES string of the molecule is CCN(CC)c1ccc(-c2csc(C3CCN(C(=O)Cn4cnnn4)CC3)n2)cc1. The van der Waals surface area contributed by atoms with E-state index in [1.54, 1.807) is 11.3 Å². The van der Waals surface area contributed by atoms with Gasteiger partial charge in [0, 0.05) is 48.7 Å². The minimum atomic E-state index is 0.0638. The number of nitrogens with zero attached hydrogens (tertiary/aromatic N) is 7. The number of hydrogen-bond acceptors (Lipinski definition) is 7. The van der Waals surface area contributed by atoms with E-state index in [0.717, 1.165) is 50.3 Å². The molecule has 1 fully saturated rings. The second-order valence-corrected chi connectivity index (χ2v) is 8.34. The van der Waals surface area contributed by atoms with Crippen molar-refractivity contribution < 1.29 is 4.79 Å². The molecule has 1 amide bonds. The van der Waals surface area contributed by atoms with Crippen LogP contribution in [-0.4, -0.2) is 62.2 Å². The number of benzene rings is 1. The zero-order valence-corrected chi connectivity index (χ0v) is 18.3. The van der Waals surface area contributed by atoms with Crippen molar-refractivity contribution in [2.75, 3.05) is 31.1 Å². The molecule has 8 nitrogen and oxygen atoms in total. The van der Waals surface area contributed by atoms with Gasteiger partial charge in [0.15, 0.2) is 0 Å². The zero-order chi connectivity index (χ0) is 20.9. The van der Waals surface area contributed by atoms with E-state index in [1.807, 2.05) is 4.90 Å². The minimum Gasteiger partial charge on any atom is -0.372 e. The molecule has 1 saturated heterocycles. The summed E-state index contributed by atoms with van der Waals surface area (Å²) in [5.41, 5.74) is 3.44. The largest absolute Gasteiger partial charge is 0.372 e. The lowest BCUT2D eigenvalue weighted by molar-refractivity contribution is -0.133. The molecule has 1 aliphatic heterocycles. The van der Waals surface area contributed by atoms with Crippen LogP contribution in [0.1, 0.15) is 37.6 Å². The Balaban J connectivity index is 1.35.